The molecule has 1 amide bonds. The van der Waals surface area contributed by atoms with Crippen molar-refractivity contribution in [3.05, 3.63) is 21.9 Å². The van der Waals surface area contributed by atoms with Gasteiger partial charge in [0.05, 0.1) is 0 Å². The van der Waals surface area contributed by atoms with Crippen LogP contribution in [0.1, 0.15) is 49.1 Å². The van der Waals surface area contributed by atoms with Crippen LogP contribution in [0.5, 0.6) is 0 Å². The van der Waals surface area contributed by atoms with Crippen LogP contribution in [-0.4, -0.2) is 11.9 Å². The summed E-state index contributed by atoms with van der Waals surface area (Å²) < 4.78 is 0. The maximum absolute atomic E-state index is 11.1. The Morgan fingerprint density at radius 1 is 1.44 bits per heavy atom. The number of primary amides is 1. The summed E-state index contributed by atoms with van der Waals surface area (Å²) in [6.45, 7) is 4.38. The van der Waals surface area contributed by atoms with E-state index in [1.54, 1.807) is 0 Å². The lowest BCUT2D eigenvalue weighted by atomic mass is 9.85. The summed E-state index contributed by atoms with van der Waals surface area (Å²) in [5, 5.41) is 5.83. The molecule has 1 heterocycles. The molecule has 3 nitrogen and oxygen atoms in total. The van der Waals surface area contributed by atoms with Crippen molar-refractivity contribution in [2.24, 2.45) is 11.7 Å². The van der Waals surface area contributed by atoms with Crippen molar-refractivity contribution in [1.82, 2.24) is 5.32 Å². The van der Waals surface area contributed by atoms with Gasteiger partial charge < -0.3 is 11.1 Å². The van der Waals surface area contributed by atoms with Gasteiger partial charge in [0.25, 0.3) is 0 Å². The number of aryl methyl sites for hydroxylation is 1. The molecule has 1 aromatic rings. The molecule has 1 saturated carbocycles. The molecule has 0 radical (unpaired) electrons. The van der Waals surface area contributed by atoms with Crippen LogP contribution in [0.4, 0.5) is 0 Å². The van der Waals surface area contributed by atoms with Crippen LogP contribution in [0.25, 0.3) is 0 Å². The first-order chi connectivity index (χ1) is 8.58. The first-order valence-corrected chi connectivity index (χ1v) is 7.55. The molecule has 1 fully saturated rings. The summed E-state index contributed by atoms with van der Waals surface area (Å²) >= 11 is 1.82. The maximum Gasteiger partial charge on any atom is 0.220 e. The number of rotatable bonds is 4. The van der Waals surface area contributed by atoms with E-state index < -0.39 is 0 Å². The third kappa shape index (κ3) is 3.12. The van der Waals surface area contributed by atoms with Crippen molar-refractivity contribution >= 4 is 17.2 Å². The highest BCUT2D eigenvalue weighted by atomic mass is 32.1. The van der Waals surface area contributed by atoms with Gasteiger partial charge in [-0.1, -0.05) is 0 Å². The van der Waals surface area contributed by atoms with Gasteiger partial charge in [0.15, 0.2) is 0 Å². The highest BCUT2D eigenvalue weighted by Crippen LogP contribution is 2.28. The van der Waals surface area contributed by atoms with Crippen molar-refractivity contribution in [2.45, 2.75) is 51.6 Å². The SMILES string of the molecule is Cc1ccsc1C(C)NC1CCC(C(N)=O)CC1. The van der Waals surface area contributed by atoms with Gasteiger partial charge >= 0.3 is 0 Å². The normalized spacial score (nSPS) is 25.9. The highest BCUT2D eigenvalue weighted by Gasteiger charge is 2.25. The van der Waals surface area contributed by atoms with E-state index in [4.69, 9.17) is 5.73 Å². The van der Waals surface area contributed by atoms with Gasteiger partial charge in [-0.05, 0) is 56.5 Å². The van der Waals surface area contributed by atoms with Crippen molar-refractivity contribution in [2.75, 3.05) is 0 Å². The van der Waals surface area contributed by atoms with E-state index in [2.05, 4.69) is 30.6 Å². The van der Waals surface area contributed by atoms with Gasteiger partial charge in [-0.3, -0.25) is 4.79 Å². The third-order valence-corrected chi connectivity index (χ3v) is 5.11. The maximum atomic E-state index is 11.1. The van der Waals surface area contributed by atoms with E-state index in [1.807, 2.05) is 11.3 Å². The Balaban J connectivity index is 1.85. The summed E-state index contributed by atoms with van der Waals surface area (Å²) in [7, 11) is 0. The Labute approximate surface area is 113 Å². The van der Waals surface area contributed by atoms with Crippen LogP contribution in [0.15, 0.2) is 11.4 Å². The van der Waals surface area contributed by atoms with Crippen molar-refractivity contribution < 1.29 is 4.79 Å². The molecule has 1 unspecified atom stereocenters. The second-order valence-corrected chi connectivity index (χ2v) is 6.25. The highest BCUT2D eigenvalue weighted by molar-refractivity contribution is 7.10. The van der Waals surface area contributed by atoms with Gasteiger partial charge in [-0.2, -0.15) is 0 Å². The van der Waals surface area contributed by atoms with E-state index >= 15 is 0 Å². The van der Waals surface area contributed by atoms with Crippen molar-refractivity contribution in [3.63, 3.8) is 0 Å². The molecular formula is C14H22N2OS. The number of thiophene rings is 1. The molecule has 0 spiro atoms. The number of nitrogens with one attached hydrogen (secondary N) is 1. The lowest BCUT2D eigenvalue weighted by Crippen LogP contribution is -2.37. The van der Waals surface area contributed by atoms with E-state index in [-0.39, 0.29) is 11.8 Å². The minimum Gasteiger partial charge on any atom is -0.369 e. The quantitative estimate of drug-likeness (QED) is 0.880. The standard InChI is InChI=1S/C14H22N2OS/c1-9-7-8-18-13(9)10(2)16-12-5-3-11(4-6-12)14(15)17/h7-8,10-12,16H,3-6H2,1-2H3,(H2,15,17). The van der Waals surface area contributed by atoms with Crippen LogP contribution in [0.3, 0.4) is 0 Å². The van der Waals surface area contributed by atoms with Crippen LogP contribution in [0.2, 0.25) is 0 Å². The molecule has 0 bridgehead atoms. The van der Waals surface area contributed by atoms with E-state index in [0.717, 1.165) is 25.7 Å². The predicted octanol–water partition coefficient (Wildman–Crippen LogP) is 2.75. The summed E-state index contributed by atoms with van der Waals surface area (Å²) in [6.07, 6.45) is 3.98. The fourth-order valence-electron chi connectivity index (χ4n) is 2.80. The Kier molecular flexibility index (Phi) is 4.40. The number of carbonyl (C=O) groups is 1. The Morgan fingerprint density at radius 3 is 2.61 bits per heavy atom. The number of amides is 1. The van der Waals surface area contributed by atoms with Crippen LogP contribution < -0.4 is 11.1 Å². The molecule has 1 aliphatic rings. The third-order valence-electron chi connectivity index (χ3n) is 3.91. The smallest absolute Gasteiger partial charge is 0.220 e. The Hall–Kier alpha value is -0.870. The average Bonchev–Trinajstić information content (AvgIpc) is 2.76. The van der Waals surface area contributed by atoms with Gasteiger partial charge in [0.2, 0.25) is 5.91 Å². The van der Waals surface area contributed by atoms with E-state index in [9.17, 15) is 4.79 Å². The van der Waals surface area contributed by atoms with Crippen molar-refractivity contribution in [3.8, 4) is 0 Å². The van der Waals surface area contributed by atoms with E-state index in [1.165, 1.54) is 10.4 Å². The average molecular weight is 266 g/mol. The molecule has 0 saturated heterocycles. The fourth-order valence-corrected chi connectivity index (χ4v) is 3.75. The summed E-state index contributed by atoms with van der Waals surface area (Å²) in [4.78, 5) is 12.5. The molecule has 1 aromatic heterocycles. The zero-order valence-corrected chi connectivity index (χ0v) is 11.9. The topological polar surface area (TPSA) is 55.1 Å². The molecule has 100 valence electrons. The summed E-state index contributed by atoms with van der Waals surface area (Å²) in [5.74, 6) is -0.0302. The van der Waals surface area contributed by atoms with Gasteiger partial charge in [0.1, 0.15) is 0 Å². The van der Waals surface area contributed by atoms with Crippen molar-refractivity contribution in [1.29, 1.82) is 0 Å². The van der Waals surface area contributed by atoms with Crippen LogP contribution in [-0.2, 0) is 4.79 Å². The first-order valence-electron chi connectivity index (χ1n) is 6.67. The lowest BCUT2D eigenvalue weighted by molar-refractivity contribution is -0.122. The predicted molar refractivity (Wildman–Crippen MR) is 75.5 cm³/mol. The lowest BCUT2D eigenvalue weighted by Gasteiger charge is -2.29. The molecule has 0 aromatic carbocycles. The second-order valence-electron chi connectivity index (χ2n) is 5.31. The molecule has 1 atom stereocenters. The fraction of sp³-hybridized carbons (Fsp3) is 0.643. The summed E-state index contributed by atoms with van der Waals surface area (Å²) in [6, 6.07) is 3.10. The molecule has 4 heteroatoms. The minimum atomic E-state index is -0.129. The number of nitrogens with two attached hydrogens (primary N) is 1. The number of hydrogen-bond acceptors (Lipinski definition) is 3. The van der Waals surface area contributed by atoms with Gasteiger partial charge in [-0.25, -0.2) is 0 Å². The van der Waals surface area contributed by atoms with Crippen LogP contribution >= 0.6 is 11.3 Å². The molecule has 0 aliphatic heterocycles. The number of carbonyl (C=O) groups excluding carboxylic acids is 1. The molecule has 3 N–H and O–H groups in total. The molecule has 18 heavy (non-hydrogen) atoms. The number of hydrogen-bond donors (Lipinski definition) is 2. The first kappa shape index (κ1) is 13.6. The largest absolute Gasteiger partial charge is 0.369 e. The minimum absolute atomic E-state index is 0.0989. The van der Waals surface area contributed by atoms with Gasteiger partial charge in [-0.15, -0.1) is 11.3 Å². The second kappa shape index (κ2) is 5.85. The molecule has 2 rings (SSSR count). The van der Waals surface area contributed by atoms with Crippen LogP contribution in [0, 0.1) is 12.8 Å². The summed E-state index contributed by atoms with van der Waals surface area (Å²) in [5.41, 5.74) is 6.72. The Morgan fingerprint density at radius 2 is 2.11 bits per heavy atom. The molecular weight excluding hydrogens is 244 g/mol. The Bertz CT molecular complexity index is 408. The monoisotopic (exact) mass is 266 g/mol. The zero-order valence-electron chi connectivity index (χ0n) is 11.1. The zero-order chi connectivity index (χ0) is 13.1. The molecule has 1 aliphatic carbocycles. The van der Waals surface area contributed by atoms with Gasteiger partial charge in [0, 0.05) is 22.9 Å². The van der Waals surface area contributed by atoms with E-state index in [0.29, 0.717) is 12.1 Å².